The molecule has 0 saturated heterocycles. The van der Waals surface area contributed by atoms with E-state index in [2.05, 4.69) is 141 Å². The predicted octanol–water partition coefficient (Wildman–Crippen LogP) is 11.3. The molecule has 3 atom stereocenters. The number of para-hydroxylation sites is 1. The summed E-state index contributed by atoms with van der Waals surface area (Å²) < 4.78 is 0. The minimum absolute atomic E-state index is 0.472. The van der Waals surface area contributed by atoms with Crippen LogP contribution in [0.15, 0.2) is 116 Å². The van der Waals surface area contributed by atoms with Gasteiger partial charge in [-0.05, 0) is 114 Å². The number of pyridine rings is 2. The highest BCUT2D eigenvalue weighted by atomic mass is 15.2. The number of anilines is 4. The number of hydrogen-bond acceptors (Lipinski definition) is 4. The Labute approximate surface area is 278 Å². The van der Waals surface area contributed by atoms with Gasteiger partial charge in [0, 0.05) is 40.6 Å². The Bertz CT molecular complexity index is 2150. The molecule has 5 aromatic carbocycles. The van der Waals surface area contributed by atoms with E-state index in [1.54, 1.807) is 0 Å². The lowest BCUT2D eigenvalue weighted by molar-refractivity contribution is 0.243. The van der Waals surface area contributed by atoms with Crippen LogP contribution in [0.3, 0.4) is 0 Å². The molecule has 4 heteroatoms. The molecule has 0 amide bonds. The fraction of sp³-hybridized carbons (Fsp3) is 0.256. The number of hydrogen-bond donors (Lipinski definition) is 0. The molecule has 47 heavy (non-hydrogen) atoms. The van der Waals surface area contributed by atoms with Crippen molar-refractivity contribution < 1.29 is 0 Å². The number of aromatic nitrogens is 2. The van der Waals surface area contributed by atoms with Crippen molar-refractivity contribution in [2.75, 3.05) is 9.80 Å². The van der Waals surface area contributed by atoms with Crippen molar-refractivity contribution in [2.24, 2.45) is 11.8 Å². The van der Waals surface area contributed by atoms with Crippen molar-refractivity contribution in [3.63, 3.8) is 0 Å². The van der Waals surface area contributed by atoms with Crippen molar-refractivity contribution in [1.82, 2.24) is 9.97 Å². The zero-order valence-corrected chi connectivity index (χ0v) is 27.8. The van der Waals surface area contributed by atoms with E-state index in [1.165, 1.54) is 62.8 Å². The van der Waals surface area contributed by atoms with E-state index in [0.717, 1.165) is 40.9 Å². The Kier molecular flexibility index (Phi) is 7.52. The molecule has 7 aromatic rings. The van der Waals surface area contributed by atoms with Crippen molar-refractivity contribution in [3.8, 4) is 0 Å². The van der Waals surface area contributed by atoms with E-state index < -0.39 is 0 Å². The van der Waals surface area contributed by atoms with Gasteiger partial charge >= 0.3 is 0 Å². The average Bonchev–Trinajstić information content (AvgIpc) is 3.10. The van der Waals surface area contributed by atoms with Crippen LogP contribution in [-0.4, -0.2) is 16.0 Å². The topological polar surface area (TPSA) is 32.3 Å². The van der Waals surface area contributed by atoms with Crippen molar-refractivity contribution in [2.45, 2.75) is 59.5 Å². The zero-order chi connectivity index (χ0) is 32.1. The van der Waals surface area contributed by atoms with Crippen LogP contribution in [0.2, 0.25) is 0 Å². The van der Waals surface area contributed by atoms with Gasteiger partial charge in [0.05, 0.1) is 17.9 Å². The zero-order valence-electron chi connectivity index (χ0n) is 27.8. The molecule has 2 unspecified atom stereocenters. The van der Waals surface area contributed by atoms with Gasteiger partial charge in [0.15, 0.2) is 0 Å². The minimum atomic E-state index is 0.472. The molecule has 0 spiro atoms. The second kappa shape index (κ2) is 12.0. The molecule has 0 bridgehead atoms. The molecular weight excluding hydrogens is 573 g/mol. The maximum atomic E-state index is 4.90. The number of nitrogens with zero attached hydrogens (tertiary/aromatic N) is 4. The van der Waals surface area contributed by atoms with E-state index in [1.807, 2.05) is 12.4 Å². The van der Waals surface area contributed by atoms with Gasteiger partial charge in [0.2, 0.25) is 0 Å². The summed E-state index contributed by atoms with van der Waals surface area (Å²) in [5.41, 5.74) is 7.01. The van der Waals surface area contributed by atoms with Gasteiger partial charge in [0.25, 0.3) is 0 Å². The third kappa shape index (κ3) is 5.36. The van der Waals surface area contributed by atoms with Gasteiger partial charge in [-0.15, -0.1) is 0 Å². The highest BCUT2D eigenvalue weighted by Crippen LogP contribution is 2.46. The van der Waals surface area contributed by atoms with Gasteiger partial charge in [-0.1, -0.05) is 80.6 Å². The summed E-state index contributed by atoms with van der Waals surface area (Å²) in [6.07, 6.45) is 7.64. The largest absolute Gasteiger partial charge is 0.362 e. The van der Waals surface area contributed by atoms with E-state index in [0.29, 0.717) is 12.0 Å². The first-order valence-electron chi connectivity index (χ1n) is 17.1. The van der Waals surface area contributed by atoms with Gasteiger partial charge in [-0.2, -0.15) is 0 Å². The molecular formula is C43H42N4. The first-order valence-corrected chi connectivity index (χ1v) is 17.1. The number of rotatable bonds is 7. The van der Waals surface area contributed by atoms with Crippen LogP contribution in [0.5, 0.6) is 0 Å². The Morgan fingerprint density at radius 1 is 0.617 bits per heavy atom. The monoisotopic (exact) mass is 614 g/mol. The molecule has 0 aliphatic heterocycles. The third-order valence-electron chi connectivity index (χ3n) is 10.6. The molecule has 2 heterocycles. The normalized spacial score (nSPS) is 18.3. The van der Waals surface area contributed by atoms with Crippen molar-refractivity contribution in [3.05, 3.63) is 132 Å². The van der Waals surface area contributed by atoms with Crippen LogP contribution in [0, 0.1) is 25.7 Å². The van der Waals surface area contributed by atoms with E-state index in [9.17, 15) is 0 Å². The lowest BCUT2D eigenvalue weighted by atomic mass is 9.78. The minimum Gasteiger partial charge on any atom is -0.362 e. The Morgan fingerprint density at radius 2 is 1.26 bits per heavy atom. The lowest BCUT2D eigenvalue weighted by Crippen LogP contribution is -2.40. The summed E-state index contributed by atoms with van der Waals surface area (Å²) in [5, 5.41) is 7.73. The Morgan fingerprint density at radius 3 is 1.89 bits per heavy atom. The fourth-order valence-electron chi connectivity index (χ4n) is 7.76. The molecule has 0 N–H and O–H groups in total. The first-order chi connectivity index (χ1) is 22.9. The van der Waals surface area contributed by atoms with Gasteiger partial charge < -0.3 is 4.90 Å². The third-order valence-corrected chi connectivity index (χ3v) is 10.6. The predicted molar refractivity (Wildman–Crippen MR) is 198 cm³/mol. The summed E-state index contributed by atoms with van der Waals surface area (Å²) in [6, 6.07) is 38.3. The Balaban J connectivity index is 1.33. The second-order valence-electron chi connectivity index (χ2n) is 13.8. The molecule has 4 nitrogen and oxygen atoms in total. The average molecular weight is 615 g/mol. The second-order valence-corrected chi connectivity index (χ2v) is 13.8. The van der Waals surface area contributed by atoms with Crippen LogP contribution in [0.4, 0.5) is 22.9 Å². The molecule has 1 fully saturated rings. The summed E-state index contributed by atoms with van der Waals surface area (Å²) in [5.74, 6) is 2.37. The highest BCUT2D eigenvalue weighted by molar-refractivity contribution is 6.27. The summed E-state index contributed by atoms with van der Waals surface area (Å²) in [7, 11) is 0. The SMILES string of the molecule is Cc1ccc(CN(c2ccc3ccc4c(N(c5ccccc5)c5ccc(C)cn5)ccc5ccc2c3c54)[C@@H]2CCC(C)C(C)C2)nc1. The molecule has 1 saturated carbocycles. The molecule has 1 aliphatic carbocycles. The smallest absolute Gasteiger partial charge is 0.137 e. The fourth-order valence-corrected chi connectivity index (χ4v) is 7.76. The molecule has 0 radical (unpaired) electrons. The van der Waals surface area contributed by atoms with Crippen molar-refractivity contribution in [1.29, 1.82) is 0 Å². The summed E-state index contributed by atoms with van der Waals surface area (Å²) in [4.78, 5) is 14.8. The molecule has 8 rings (SSSR count). The van der Waals surface area contributed by atoms with Crippen LogP contribution in [0.1, 0.15) is 49.9 Å². The van der Waals surface area contributed by atoms with Gasteiger partial charge in [-0.3, -0.25) is 9.88 Å². The summed E-state index contributed by atoms with van der Waals surface area (Å²) in [6.45, 7) is 9.87. The quantitative estimate of drug-likeness (QED) is 0.167. The summed E-state index contributed by atoms with van der Waals surface area (Å²) >= 11 is 0. The van der Waals surface area contributed by atoms with E-state index in [4.69, 9.17) is 9.97 Å². The first kappa shape index (κ1) is 29.4. The molecule has 2 aromatic heterocycles. The van der Waals surface area contributed by atoms with Gasteiger partial charge in [0.1, 0.15) is 5.82 Å². The Hall–Kier alpha value is -4.96. The molecule has 234 valence electrons. The highest BCUT2D eigenvalue weighted by Gasteiger charge is 2.30. The number of benzene rings is 5. The maximum absolute atomic E-state index is 4.90. The van der Waals surface area contributed by atoms with Crippen LogP contribution < -0.4 is 9.80 Å². The molecule has 1 aliphatic rings. The lowest BCUT2D eigenvalue weighted by Gasteiger charge is -2.41. The van der Waals surface area contributed by atoms with Crippen LogP contribution in [-0.2, 0) is 6.54 Å². The standard InChI is InChI=1S/C43H42N4/c1-28-10-17-34(44-25-28)27-46(36-18-12-30(3)31(4)24-36)39-21-15-32-14-20-38-40(22-16-33-13-19-37(39)42(32)43(33)38)47(35-8-6-5-7-9-35)41-23-11-29(2)26-45-41/h5-11,13-17,19-23,25-26,30-31,36H,12,18,24,27H2,1-4H3/t30?,31?,36-/m1/s1. The van der Waals surface area contributed by atoms with E-state index >= 15 is 0 Å². The van der Waals surface area contributed by atoms with Crippen molar-refractivity contribution >= 4 is 55.2 Å². The van der Waals surface area contributed by atoms with Crippen LogP contribution in [0.25, 0.3) is 32.3 Å². The maximum Gasteiger partial charge on any atom is 0.137 e. The van der Waals surface area contributed by atoms with E-state index in [-0.39, 0.29) is 0 Å². The number of aryl methyl sites for hydroxylation is 2. The van der Waals surface area contributed by atoms with Crippen LogP contribution >= 0.6 is 0 Å². The van der Waals surface area contributed by atoms with Gasteiger partial charge in [-0.25, -0.2) is 4.98 Å².